The molecule has 21 heavy (non-hydrogen) atoms. The maximum atomic E-state index is 6.20. The van der Waals surface area contributed by atoms with Crippen LogP contribution in [0.15, 0.2) is 42.5 Å². The molecule has 5 heteroatoms. The van der Waals surface area contributed by atoms with Gasteiger partial charge in [0.05, 0.1) is 5.69 Å². The summed E-state index contributed by atoms with van der Waals surface area (Å²) in [6, 6.07) is 13.7. The van der Waals surface area contributed by atoms with E-state index in [4.69, 9.17) is 17.3 Å². The summed E-state index contributed by atoms with van der Waals surface area (Å²) in [6.07, 6.45) is 0. The van der Waals surface area contributed by atoms with E-state index in [-0.39, 0.29) is 0 Å². The van der Waals surface area contributed by atoms with Gasteiger partial charge in [0.15, 0.2) is 5.82 Å². The predicted molar refractivity (Wildman–Crippen MR) is 85.7 cm³/mol. The number of rotatable bonds is 2. The van der Waals surface area contributed by atoms with Gasteiger partial charge in [0, 0.05) is 10.6 Å². The molecule has 2 N–H and O–H groups in total. The van der Waals surface area contributed by atoms with Gasteiger partial charge in [-0.1, -0.05) is 40.6 Å². The first-order chi connectivity index (χ1) is 10.1. The van der Waals surface area contributed by atoms with E-state index >= 15 is 0 Å². The Kier molecular flexibility index (Phi) is 3.39. The molecule has 0 fully saturated rings. The lowest BCUT2D eigenvalue weighted by Gasteiger charge is -2.05. The van der Waals surface area contributed by atoms with Crippen molar-refractivity contribution in [3.05, 3.63) is 58.6 Å². The molecular formula is C16H15ClN4. The molecule has 0 aliphatic rings. The third kappa shape index (κ3) is 2.50. The molecule has 1 aromatic heterocycles. The molecule has 0 radical (unpaired) electrons. The Morgan fingerprint density at radius 2 is 1.76 bits per heavy atom. The topological polar surface area (TPSA) is 56.7 Å². The number of aromatic nitrogens is 3. The van der Waals surface area contributed by atoms with Crippen molar-refractivity contribution in [3.63, 3.8) is 0 Å². The fourth-order valence-corrected chi connectivity index (χ4v) is 2.28. The molecule has 0 saturated carbocycles. The maximum Gasteiger partial charge on any atom is 0.155 e. The normalized spacial score (nSPS) is 10.8. The predicted octanol–water partition coefficient (Wildman–Crippen LogP) is 3.79. The smallest absolute Gasteiger partial charge is 0.155 e. The number of benzene rings is 2. The van der Waals surface area contributed by atoms with E-state index in [2.05, 4.69) is 10.3 Å². The van der Waals surface area contributed by atoms with E-state index in [0.717, 1.165) is 21.8 Å². The van der Waals surface area contributed by atoms with Crippen molar-refractivity contribution in [2.45, 2.75) is 13.8 Å². The molecule has 106 valence electrons. The zero-order valence-electron chi connectivity index (χ0n) is 11.8. The highest BCUT2D eigenvalue weighted by Crippen LogP contribution is 2.28. The molecule has 0 atom stereocenters. The maximum absolute atomic E-state index is 6.20. The second kappa shape index (κ2) is 5.22. The molecule has 1 heterocycles. The average molecular weight is 299 g/mol. The molecule has 0 unspecified atom stereocenters. The van der Waals surface area contributed by atoms with Crippen LogP contribution in [0.5, 0.6) is 0 Å². The summed E-state index contributed by atoms with van der Waals surface area (Å²) in [4.78, 5) is 0. The fraction of sp³-hybridized carbons (Fsp3) is 0.125. The first-order valence-corrected chi connectivity index (χ1v) is 6.99. The van der Waals surface area contributed by atoms with E-state index in [1.807, 2.05) is 56.3 Å². The number of nitrogen functional groups attached to an aromatic ring is 1. The Hall–Kier alpha value is -2.33. The number of hydrogen-bond acceptors (Lipinski definition) is 3. The van der Waals surface area contributed by atoms with Gasteiger partial charge >= 0.3 is 0 Å². The second-order valence-corrected chi connectivity index (χ2v) is 5.44. The van der Waals surface area contributed by atoms with Gasteiger partial charge in [-0.05, 0) is 43.7 Å². The van der Waals surface area contributed by atoms with Crippen molar-refractivity contribution in [2.24, 2.45) is 0 Å². The Balaban J connectivity index is 2.06. The Morgan fingerprint density at radius 1 is 1.05 bits per heavy atom. The summed E-state index contributed by atoms with van der Waals surface area (Å²) < 4.78 is 1.64. The number of nitrogens with zero attached hydrogens (tertiary/aromatic N) is 3. The van der Waals surface area contributed by atoms with Crippen LogP contribution in [0.2, 0.25) is 5.02 Å². The highest BCUT2D eigenvalue weighted by atomic mass is 35.5. The number of anilines is 1. The summed E-state index contributed by atoms with van der Waals surface area (Å²) in [5, 5.41) is 9.08. The van der Waals surface area contributed by atoms with Crippen LogP contribution in [0, 0.1) is 13.8 Å². The van der Waals surface area contributed by atoms with Crippen LogP contribution in [-0.4, -0.2) is 15.0 Å². The summed E-state index contributed by atoms with van der Waals surface area (Å²) in [5.41, 5.74) is 10.8. The van der Waals surface area contributed by atoms with Crippen LogP contribution < -0.4 is 5.73 Å². The summed E-state index contributed by atoms with van der Waals surface area (Å²) in [7, 11) is 0. The van der Waals surface area contributed by atoms with Crippen LogP contribution in [0.4, 0.5) is 5.82 Å². The van der Waals surface area contributed by atoms with Crippen LogP contribution in [0.3, 0.4) is 0 Å². The molecule has 3 aromatic rings. The molecule has 0 aliphatic heterocycles. The van der Waals surface area contributed by atoms with Gasteiger partial charge in [0.2, 0.25) is 0 Å². The molecule has 3 rings (SSSR count). The lowest BCUT2D eigenvalue weighted by Crippen LogP contribution is -2.02. The molecule has 4 nitrogen and oxygen atoms in total. The van der Waals surface area contributed by atoms with Crippen LogP contribution in [0.25, 0.3) is 16.9 Å². The molecule has 0 aliphatic carbocycles. The van der Waals surface area contributed by atoms with Crippen molar-refractivity contribution in [3.8, 4) is 16.9 Å². The largest absolute Gasteiger partial charge is 0.382 e. The third-order valence-corrected chi connectivity index (χ3v) is 3.84. The molecule has 0 amide bonds. The minimum Gasteiger partial charge on any atom is -0.382 e. The monoisotopic (exact) mass is 298 g/mol. The SMILES string of the molecule is Cc1ccc(-n2nnc(-c3ccc(Cl)c(C)c3)c2N)cc1. The molecular weight excluding hydrogens is 284 g/mol. The quantitative estimate of drug-likeness (QED) is 0.783. The Labute approximate surface area is 128 Å². The van der Waals surface area contributed by atoms with Gasteiger partial charge in [-0.25, -0.2) is 0 Å². The molecule has 0 saturated heterocycles. The van der Waals surface area contributed by atoms with Crippen molar-refractivity contribution >= 4 is 17.4 Å². The molecule has 0 bridgehead atoms. The first-order valence-electron chi connectivity index (χ1n) is 6.61. The summed E-state index contributed by atoms with van der Waals surface area (Å²) in [6.45, 7) is 3.99. The van der Waals surface area contributed by atoms with Crippen molar-refractivity contribution in [1.82, 2.24) is 15.0 Å². The van der Waals surface area contributed by atoms with Gasteiger partial charge < -0.3 is 5.73 Å². The Bertz CT molecular complexity index is 791. The number of aryl methyl sites for hydroxylation is 2. The van der Waals surface area contributed by atoms with E-state index < -0.39 is 0 Å². The highest BCUT2D eigenvalue weighted by molar-refractivity contribution is 6.31. The second-order valence-electron chi connectivity index (χ2n) is 5.03. The van der Waals surface area contributed by atoms with E-state index in [1.54, 1.807) is 4.68 Å². The first kappa shape index (κ1) is 13.6. The van der Waals surface area contributed by atoms with Crippen LogP contribution in [0.1, 0.15) is 11.1 Å². The van der Waals surface area contributed by atoms with Gasteiger partial charge in [-0.2, -0.15) is 4.68 Å². The van der Waals surface area contributed by atoms with Gasteiger partial charge in [0.1, 0.15) is 5.69 Å². The minimum atomic E-state index is 0.514. The van der Waals surface area contributed by atoms with E-state index in [9.17, 15) is 0 Å². The molecule has 0 spiro atoms. The van der Waals surface area contributed by atoms with Gasteiger partial charge in [0.25, 0.3) is 0 Å². The number of halogens is 1. The van der Waals surface area contributed by atoms with E-state index in [1.165, 1.54) is 5.56 Å². The average Bonchev–Trinajstić information content (AvgIpc) is 2.85. The standard InChI is InChI=1S/C16H15ClN4/c1-10-3-6-13(7-4-10)21-16(18)15(19-20-21)12-5-8-14(17)11(2)9-12/h3-9H,18H2,1-2H3. The highest BCUT2D eigenvalue weighted by Gasteiger charge is 2.13. The molecule has 2 aromatic carbocycles. The summed E-state index contributed by atoms with van der Waals surface area (Å²) in [5.74, 6) is 0.514. The Morgan fingerprint density at radius 3 is 2.43 bits per heavy atom. The van der Waals surface area contributed by atoms with Crippen LogP contribution in [-0.2, 0) is 0 Å². The third-order valence-electron chi connectivity index (χ3n) is 3.41. The van der Waals surface area contributed by atoms with E-state index in [0.29, 0.717) is 11.5 Å². The van der Waals surface area contributed by atoms with Crippen molar-refractivity contribution < 1.29 is 0 Å². The fourth-order valence-electron chi connectivity index (χ4n) is 2.16. The van der Waals surface area contributed by atoms with Gasteiger partial charge in [-0.15, -0.1) is 5.10 Å². The number of nitrogens with two attached hydrogens (primary N) is 1. The zero-order chi connectivity index (χ0) is 15.0. The summed E-state index contributed by atoms with van der Waals surface area (Å²) >= 11 is 6.05. The minimum absolute atomic E-state index is 0.514. The van der Waals surface area contributed by atoms with Crippen LogP contribution >= 0.6 is 11.6 Å². The lowest BCUT2D eigenvalue weighted by atomic mass is 10.1. The van der Waals surface area contributed by atoms with Crippen molar-refractivity contribution in [1.29, 1.82) is 0 Å². The zero-order valence-corrected chi connectivity index (χ0v) is 12.6. The van der Waals surface area contributed by atoms with Gasteiger partial charge in [-0.3, -0.25) is 0 Å². The van der Waals surface area contributed by atoms with Crippen molar-refractivity contribution in [2.75, 3.05) is 5.73 Å². The lowest BCUT2D eigenvalue weighted by molar-refractivity contribution is 0.810. The number of hydrogen-bond donors (Lipinski definition) is 1.